The first kappa shape index (κ1) is 18.3. The van der Waals surface area contributed by atoms with Gasteiger partial charge >= 0.3 is 6.09 Å². The normalized spacial score (nSPS) is 44.6. The second kappa shape index (κ2) is 7.93. The lowest BCUT2D eigenvalue weighted by Crippen LogP contribution is -2.46. The number of carbonyl (C=O) groups excluding carboxylic acids is 1. The second-order valence-corrected chi connectivity index (χ2v) is 10.2. The number of nitrogens with one attached hydrogen (secondary N) is 1. The van der Waals surface area contributed by atoms with Crippen LogP contribution in [0.3, 0.4) is 0 Å². The maximum Gasteiger partial charge on any atom is 0.410 e. The van der Waals surface area contributed by atoms with E-state index in [9.17, 15) is 4.79 Å². The summed E-state index contributed by atoms with van der Waals surface area (Å²) in [7, 11) is 0. The van der Waals surface area contributed by atoms with E-state index in [-0.39, 0.29) is 12.2 Å². The zero-order chi connectivity index (χ0) is 18.2. The van der Waals surface area contributed by atoms with Crippen molar-refractivity contribution >= 4 is 6.09 Å². The monoisotopic (exact) mass is 374 g/mol. The van der Waals surface area contributed by atoms with Crippen LogP contribution in [0.25, 0.3) is 0 Å². The Bertz CT molecular complexity index is 530. The van der Waals surface area contributed by atoms with Crippen LogP contribution in [-0.2, 0) is 4.74 Å². The molecule has 4 aliphatic carbocycles. The Balaban J connectivity index is 1.17. The van der Waals surface area contributed by atoms with E-state index in [4.69, 9.17) is 4.74 Å². The summed E-state index contributed by atoms with van der Waals surface area (Å²) in [4.78, 5) is 14.5. The summed E-state index contributed by atoms with van der Waals surface area (Å²) in [5.41, 5.74) is 0. The van der Waals surface area contributed by atoms with E-state index in [0.29, 0.717) is 0 Å². The largest absolute Gasteiger partial charge is 0.446 e. The third-order valence-electron chi connectivity index (χ3n) is 8.97. The first-order valence-corrected chi connectivity index (χ1v) is 12.0. The van der Waals surface area contributed by atoms with Gasteiger partial charge < -0.3 is 15.0 Å². The Kier molecular flexibility index (Phi) is 5.36. The highest BCUT2D eigenvalue weighted by Gasteiger charge is 2.49. The first-order chi connectivity index (χ1) is 13.3. The summed E-state index contributed by atoms with van der Waals surface area (Å²) in [6.07, 6.45) is 15.1. The van der Waals surface area contributed by atoms with E-state index in [1.54, 1.807) is 0 Å². The van der Waals surface area contributed by atoms with Crippen molar-refractivity contribution in [2.45, 2.75) is 76.7 Å². The molecule has 1 saturated heterocycles. The van der Waals surface area contributed by atoms with Crippen molar-refractivity contribution in [3.05, 3.63) is 0 Å². The molecular weight excluding hydrogens is 336 g/mol. The molecule has 1 aliphatic heterocycles. The smallest absolute Gasteiger partial charge is 0.410 e. The Hall–Kier alpha value is -0.770. The van der Waals surface area contributed by atoms with Crippen molar-refractivity contribution in [1.29, 1.82) is 0 Å². The lowest BCUT2D eigenvalue weighted by molar-refractivity contribution is -0.0525. The van der Waals surface area contributed by atoms with Gasteiger partial charge in [0.25, 0.3) is 0 Å². The van der Waals surface area contributed by atoms with Gasteiger partial charge in [-0.05, 0) is 99.8 Å². The van der Waals surface area contributed by atoms with E-state index >= 15 is 0 Å². The molecule has 0 spiro atoms. The van der Waals surface area contributed by atoms with Crippen LogP contribution in [0, 0.1) is 35.5 Å². The van der Waals surface area contributed by atoms with E-state index < -0.39 is 0 Å². The molecule has 7 atom stereocenters. The first-order valence-electron chi connectivity index (χ1n) is 12.0. The molecule has 7 unspecified atom stereocenters. The van der Waals surface area contributed by atoms with Crippen LogP contribution in [0.2, 0.25) is 0 Å². The van der Waals surface area contributed by atoms with Gasteiger partial charge in [0, 0.05) is 19.6 Å². The zero-order valence-corrected chi connectivity index (χ0v) is 16.9. The molecule has 27 heavy (non-hydrogen) atoms. The van der Waals surface area contributed by atoms with Crippen LogP contribution in [0.15, 0.2) is 0 Å². The quantitative estimate of drug-likeness (QED) is 0.738. The minimum absolute atomic E-state index is 0.0534. The van der Waals surface area contributed by atoms with E-state index in [1.165, 1.54) is 51.4 Å². The van der Waals surface area contributed by atoms with Gasteiger partial charge in [0.05, 0.1) is 0 Å². The topological polar surface area (TPSA) is 41.6 Å². The van der Waals surface area contributed by atoms with Crippen LogP contribution >= 0.6 is 0 Å². The lowest BCUT2D eigenvalue weighted by atomic mass is 9.53. The molecule has 1 N–H and O–H groups in total. The van der Waals surface area contributed by atoms with Crippen LogP contribution in [-0.4, -0.2) is 43.3 Å². The molecule has 1 heterocycles. The summed E-state index contributed by atoms with van der Waals surface area (Å²) in [5, 5.41) is 3.37. The molecule has 0 aromatic rings. The predicted molar refractivity (Wildman–Crippen MR) is 106 cm³/mol. The number of ether oxygens (including phenoxy) is 1. The lowest BCUT2D eigenvalue weighted by Gasteiger charge is -2.52. The highest BCUT2D eigenvalue weighted by molar-refractivity contribution is 5.67. The Morgan fingerprint density at radius 2 is 1.52 bits per heavy atom. The van der Waals surface area contributed by atoms with Crippen molar-refractivity contribution in [2.24, 2.45) is 35.5 Å². The van der Waals surface area contributed by atoms with Gasteiger partial charge in [-0.3, -0.25) is 0 Å². The molecule has 0 radical (unpaired) electrons. The van der Waals surface area contributed by atoms with Crippen LogP contribution in [0.1, 0.15) is 70.6 Å². The van der Waals surface area contributed by atoms with Gasteiger partial charge in [0.15, 0.2) is 0 Å². The fourth-order valence-electron chi connectivity index (χ4n) is 7.78. The number of nitrogens with zero attached hydrogens (tertiary/aromatic N) is 1. The number of hydrogen-bond acceptors (Lipinski definition) is 3. The van der Waals surface area contributed by atoms with Crippen molar-refractivity contribution in [2.75, 3.05) is 26.2 Å². The molecule has 1 amide bonds. The van der Waals surface area contributed by atoms with Gasteiger partial charge in [0.2, 0.25) is 0 Å². The van der Waals surface area contributed by atoms with Crippen molar-refractivity contribution < 1.29 is 9.53 Å². The Labute approximate surface area is 164 Å². The van der Waals surface area contributed by atoms with Gasteiger partial charge in [-0.1, -0.05) is 12.8 Å². The van der Waals surface area contributed by atoms with E-state index in [2.05, 4.69) is 5.32 Å². The minimum Gasteiger partial charge on any atom is -0.446 e. The second-order valence-electron chi connectivity index (χ2n) is 10.2. The van der Waals surface area contributed by atoms with Gasteiger partial charge in [-0.25, -0.2) is 4.79 Å². The average molecular weight is 375 g/mol. The SMILES string of the molecule is O=C(OC1CCC2C(CCC3C4CCCC4CCC23)C1)N1CCCNCC1. The fraction of sp³-hybridized carbons (Fsp3) is 0.957. The molecule has 0 bridgehead atoms. The maximum absolute atomic E-state index is 12.6. The number of rotatable bonds is 1. The van der Waals surface area contributed by atoms with Crippen molar-refractivity contribution in [3.8, 4) is 0 Å². The number of carbonyl (C=O) groups is 1. The Morgan fingerprint density at radius 3 is 2.41 bits per heavy atom. The van der Waals surface area contributed by atoms with E-state index in [1.807, 2.05) is 4.90 Å². The average Bonchev–Trinajstić information content (AvgIpc) is 3.01. The van der Waals surface area contributed by atoms with Crippen molar-refractivity contribution in [3.63, 3.8) is 0 Å². The predicted octanol–water partition coefficient (Wildman–Crippen LogP) is 4.44. The summed E-state index contributed by atoms with van der Waals surface area (Å²) in [6.45, 7) is 3.55. The number of hydrogen-bond donors (Lipinski definition) is 1. The molecule has 4 nitrogen and oxygen atoms in total. The molecule has 4 heteroatoms. The molecule has 5 rings (SSSR count). The Morgan fingerprint density at radius 1 is 0.741 bits per heavy atom. The summed E-state index contributed by atoms with van der Waals surface area (Å²) in [5.74, 6) is 5.93. The highest BCUT2D eigenvalue weighted by atomic mass is 16.6. The van der Waals surface area contributed by atoms with Crippen LogP contribution < -0.4 is 5.32 Å². The molecule has 4 saturated carbocycles. The molecule has 5 aliphatic rings. The summed E-state index contributed by atoms with van der Waals surface area (Å²) in [6, 6.07) is 0. The standard InChI is InChI=1S/C23H38N2O2/c26-23(25-13-2-11-24-12-14-25)27-18-7-10-20-17(15-18)6-9-21-19-4-1-3-16(19)5-8-22(20)21/h16-22,24H,1-15H2. The molecular formula is C23H38N2O2. The van der Waals surface area contributed by atoms with Crippen molar-refractivity contribution in [1.82, 2.24) is 10.2 Å². The fourth-order valence-corrected chi connectivity index (χ4v) is 7.78. The summed E-state index contributed by atoms with van der Waals surface area (Å²) >= 11 is 0. The highest BCUT2D eigenvalue weighted by Crippen LogP contribution is 2.57. The molecule has 0 aromatic heterocycles. The molecule has 5 fully saturated rings. The minimum atomic E-state index is -0.0534. The van der Waals surface area contributed by atoms with Gasteiger partial charge in [-0.2, -0.15) is 0 Å². The molecule has 0 aromatic carbocycles. The number of fused-ring (bicyclic) bond motifs is 5. The third-order valence-corrected chi connectivity index (χ3v) is 8.97. The number of amides is 1. The van der Waals surface area contributed by atoms with E-state index in [0.717, 1.165) is 80.9 Å². The van der Waals surface area contributed by atoms with Crippen LogP contribution in [0.5, 0.6) is 0 Å². The van der Waals surface area contributed by atoms with Crippen LogP contribution in [0.4, 0.5) is 4.79 Å². The van der Waals surface area contributed by atoms with Gasteiger partial charge in [-0.15, -0.1) is 0 Å². The zero-order valence-electron chi connectivity index (χ0n) is 16.9. The molecule has 152 valence electrons. The van der Waals surface area contributed by atoms with Gasteiger partial charge in [0.1, 0.15) is 6.10 Å². The third kappa shape index (κ3) is 3.63. The summed E-state index contributed by atoms with van der Waals surface area (Å²) < 4.78 is 6.00. The maximum atomic E-state index is 12.6.